The Bertz CT molecular complexity index is 560. The van der Waals surface area contributed by atoms with E-state index in [9.17, 15) is 0 Å². The first kappa shape index (κ1) is 16.1. The molecule has 1 heterocycles. The number of hydrogen-bond donors (Lipinski definition) is 1. The van der Waals surface area contributed by atoms with Gasteiger partial charge in [-0.15, -0.1) is 11.8 Å². The molecule has 0 aliphatic carbocycles. The molecule has 0 bridgehead atoms. The summed E-state index contributed by atoms with van der Waals surface area (Å²) in [6.45, 7) is 6.57. The van der Waals surface area contributed by atoms with Crippen LogP contribution in [0.2, 0.25) is 0 Å². The molecule has 2 unspecified atom stereocenters. The smallest absolute Gasteiger partial charge is 0.0533 e. The van der Waals surface area contributed by atoms with E-state index in [2.05, 4.69) is 56.3 Å². The van der Waals surface area contributed by atoms with Crippen molar-refractivity contribution in [2.45, 2.75) is 49.3 Å². The first-order chi connectivity index (χ1) is 10.0. The van der Waals surface area contributed by atoms with Crippen LogP contribution in [0.3, 0.4) is 0 Å². The fourth-order valence-corrected chi connectivity index (χ4v) is 3.49. The Kier molecular flexibility index (Phi) is 5.48. The van der Waals surface area contributed by atoms with Gasteiger partial charge in [0.25, 0.3) is 0 Å². The van der Waals surface area contributed by atoms with E-state index in [0.29, 0.717) is 5.92 Å². The van der Waals surface area contributed by atoms with E-state index >= 15 is 0 Å². The van der Waals surface area contributed by atoms with Gasteiger partial charge in [0.1, 0.15) is 0 Å². The third-order valence-electron chi connectivity index (χ3n) is 3.72. The molecule has 1 aromatic heterocycles. The van der Waals surface area contributed by atoms with Crippen molar-refractivity contribution in [2.24, 2.45) is 12.8 Å². The van der Waals surface area contributed by atoms with Crippen LogP contribution in [0.4, 0.5) is 0 Å². The molecule has 21 heavy (non-hydrogen) atoms. The largest absolute Gasteiger partial charge is 0.326 e. The van der Waals surface area contributed by atoms with Crippen molar-refractivity contribution in [1.29, 1.82) is 0 Å². The minimum absolute atomic E-state index is 0.129. The number of hydrogen-bond acceptors (Lipinski definition) is 3. The topological polar surface area (TPSA) is 43.8 Å². The normalized spacial score (nSPS) is 14.4. The highest BCUT2D eigenvalue weighted by Gasteiger charge is 2.21. The van der Waals surface area contributed by atoms with Gasteiger partial charge in [0.15, 0.2) is 0 Å². The number of rotatable bonds is 6. The number of nitrogens with zero attached hydrogens (tertiary/aromatic N) is 2. The van der Waals surface area contributed by atoms with Crippen LogP contribution in [0.1, 0.15) is 49.5 Å². The monoisotopic (exact) mass is 303 g/mol. The average molecular weight is 303 g/mol. The summed E-state index contributed by atoms with van der Waals surface area (Å²) < 4.78 is 1.84. The van der Waals surface area contributed by atoms with Crippen molar-refractivity contribution in [3.8, 4) is 0 Å². The maximum atomic E-state index is 6.33. The van der Waals surface area contributed by atoms with Crippen molar-refractivity contribution in [3.05, 3.63) is 47.8 Å². The standard InChI is InChI=1S/C17H25N3S/c1-5-16(18)17(14-10-19-20(4)11-14)21-15-8-6-13(7-9-15)12(2)3/h6-12,16-17H,5,18H2,1-4H3. The lowest BCUT2D eigenvalue weighted by Gasteiger charge is -2.21. The predicted molar refractivity (Wildman–Crippen MR) is 90.6 cm³/mol. The van der Waals surface area contributed by atoms with Gasteiger partial charge in [-0.2, -0.15) is 5.10 Å². The number of aromatic nitrogens is 2. The summed E-state index contributed by atoms with van der Waals surface area (Å²) >= 11 is 1.83. The first-order valence-electron chi connectivity index (χ1n) is 7.52. The van der Waals surface area contributed by atoms with E-state index in [1.807, 2.05) is 29.7 Å². The SMILES string of the molecule is CCC(N)C(Sc1ccc(C(C)C)cc1)c1cnn(C)c1. The molecule has 0 radical (unpaired) electrons. The zero-order valence-corrected chi connectivity index (χ0v) is 14.1. The van der Waals surface area contributed by atoms with Crippen LogP contribution in [0.5, 0.6) is 0 Å². The fraction of sp³-hybridized carbons (Fsp3) is 0.471. The molecular formula is C17H25N3S. The van der Waals surface area contributed by atoms with E-state index < -0.39 is 0 Å². The Morgan fingerprint density at radius 1 is 1.19 bits per heavy atom. The molecule has 0 saturated heterocycles. The Morgan fingerprint density at radius 2 is 1.86 bits per heavy atom. The maximum absolute atomic E-state index is 6.33. The fourth-order valence-electron chi connectivity index (χ4n) is 2.28. The second-order valence-corrected chi connectivity index (χ2v) is 7.00. The van der Waals surface area contributed by atoms with E-state index in [-0.39, 0.29) is 11.3 Å². The summed E-state index contributed by atoms with van der Waals surface area (Å²) in [4.78, 5) is 1.26. The van der Waals surface area contributed by atoms with Crippen molar-refractivity contribution in [2.75, 3.05) is 0 Å². The van der Waals surface area contributed by atoms with Gasteiger partial charge in [-0.3, -0.25) is 4.68 Å². The molecule has 1 aromatic carbocycles. The van der Waals surface area contributed by atoms with Gasteiger partial charge < -0.3 is 5.73 Å². The summed E-state index contributed by atoms with van der Waals surface area (Å²) in [6.07, 6.45) is 4.95. The summed E-state index contributed by atoms with van der Waals surface area (Å²) in [5, 5.41) is 4.53. The second-order valence-electron chi connectivity index (χ2n) is 5.78. The molecule has 0 fully saturated rings. The van der Waals surface area contributed by atoms with Crippen LogP contribution < -0.4 is 5.73 Å². The van der Waals surface area contributed by atoms with Crippen LogP contribution in [0, 0.1) is 0 Å². The molecule has 0 amide bonds. The van der Waals surface area contributed by atoms with Crippen LogP contribution in [-0.4, -0.2) is 15.8 Å². The molecule has 114 valence electrons. The van der Waals surface area contributed by atoms with Gasteiger partial charge in [0.05, 0.1) is 11.4 Å². The highest BCUT2D eigenvalue weighted by atomic mass is 32.2. The van der Waals surface area contributed by atoms with Crippen molar-refractivity contribution < 1.29 is 0 Å². The summed E-state index contributed by atoms with van der Waals surface area (Å²) in [7, 11) is 1.94. The molecule has 2 N–H and O–H groups in total. The first-order valence-corrected chi connectivity index (χ1v) is 8.40. The van der Waals surface area contributed by atoms with Crippen molar-refractivity contribution in [3.63, 3.8) is 0 Å². The molecule has 2 atom stereocenters. The minimum Gasteiger partial charge on any atom is -0.326 e. The molecule has 0 aliphatic rings. The minimum atomic E-state index is 0.129. The van der Waals surface area contributed by atoms with Crippen LogP contribution in [-0.2, 0) is 7.05 Å². The molecular weight excluding hydrogens is 278 g/mol. The predicted octanol–water partition coefficient (Wildman–Crippen LogP) is 4.11. The highest BCUT2D eigenvalue weighted by molar-refractivity contribution is 7.99. The number of benzene rings is 1. The Labute approximate surface area is 131 Å². The van der Waals surface area contributed by atoms with Gasteiger partial charge >= 0.3 is 0 Å². The number of thioether (sulfide) groups is 1. The Hall–Kier alpha value is -1.26. The lowest BCUT2D eigenvalue weighted by atomic mass is 10.0. The van der Waals surface area contributed by atoms with E-state index in [4.69, 9.17) is 5.73 Å². The van der Waals surface area contributed by atoms with E-state index in [1.54, 1.807) is 0 Å². The second kappa shape index (κ2) is 7.14. The molecule has 2 rings (SSSR count). The van der Waals surface area contributed by atoms with Gasteiger partial charge in [-0.25, -0.2) is 0 Å². The lowest BCUT2D eigenvalue weighted by Crippen LogP contribution is -2.25. The van der Waals surface area contributed by atoms with Crippen molar-refractivity contribution in [1.82, 2.24) is 9.78 Å². The third-order valence-corrected chi connectivity index (χ3v) is 5.14. The zero-order valence-electron chi connectivity index (χ0n) is 13.3. The van der Waals surface area contributed by atoms with Gasteiger partial charge in [-0.05, 0) is 30.0 Å². The quantitative estimate of drug-likeness (QED) is 0.817. The molecule has 4 heteroatoms. The van der Waals surface area contributed by atoms with E-state index in [1.165, 1.54) is 16.0 Å². The summed E-state index contributed by atoms with van der Waals surface area (Å²) in [5.74, 6) is 0.566. The van der Waals surface area contributed by atoms with E-state index in [0.717, 1.165) is 6.42 Å². The van der Waals surface area contributed by atoms with Gasteiger partial charge in [0.2, 0.25) is 0 Å². The van der Waals surface area contributed by atoms with Gasteiger partial charge in [-0.1, -0.05) is 32.9 Å². The molecule has 2 aromatic rings. The van der Waals surface area contributed by atoms with Crippen LogP contribution in [0.15, 0.2) is 41.6 Å². The number of aryl methyl sites for hydroxylation is 1. The highest BCUT2D eigenvalue weighted by Crippen LogP contribution is 2.38. The van der Waals surface area contributed by atoms with Crippen LogP contribution >= 0.6 is 11.8 Å². The summed E-state index contributed by atoms with van der Waals surface area (Å²) in [6, 6.07) is 8.96. The molecule has 0 spiro atoms. The Balaban J connectivity index is 2.18. The summed E-state index contributed by atoms with van der Waals surface area (Å²) in [5.41, 5.74) is 8.90. The zero-order chi connectivity index (χ0) is 15.4. The maximum Gasteiger partial charge on any atom is 0.0533 e. The lowest BCUT2D eigenvalue weighted by molar-refractivity contribution is 0.633. The van der Waals surface area contributed by atoms with Crippen molar-refractivity contribution >= 4 is 11.8 Å². The average Bonchev–Trinajstić information content (AvgIpc) is 2.90. The number of nitrogens with two attached hydrogens (primary N) is 1. The Morgan fingerprint density at radius 3 is 2.33 bits per heavy atom. The third kappa shape index (κ3) is 4.11. The van der Waals surface area contributed by atoms with Crippen LogP contribution in [0.25, 0.3) is 0 Å². The molecule has 0 aliphatic heterocycles. The van der Waals surface area contributed by atoms with Gasteiger partial charge in [0, 0.05) is 29.7 Å². The molecule has 3 nitrogen and oxygen atoms in total. The molecule has 0 saturated carbocycles.